The van der Waals surface area contributed by atoms with E-state index in [1.807, 2.05) is 61.5 Å². The molecule has 0 bridgehead atoms. The Morgan fingerprint density at radius 3 is 2.21 bits per heavy atom. The van der Waals surface area contributed by atoms with Gasteiger partial charge in [-0.3, -0.25) is 0 Å². The van der Waals surface area contributed by atoms with Crippen molar-refractivity contribution in [1.82, 2.24) is 0 Å². The van der Waals surface area contributed by atoms with Crippen LogP contribution in [0.25, 0.3) is 11.1 Å². The van der Waals surface area contributed by atoms with Crippen LogP contribution in [0.3, 0.4) is 0 Å². The van der Waals surface area contributed by atoms with Crippen molar-refractivity contribution in [3.8, 4) is 11.1 Å². The van der Waals surface area contributed by atoms with Crippen LogP contribution in [0.15, 0.2) is 101 Å². The summed E-state index contributed by atoms with van der Waals surface area (Å²) in [6.45, 7) is 1.96. The van der Waals surface area contributed by atoms with Crippen LogP contribution < -0.4 is 5.32 Å². The monoisotopic (exact) mass is 433 g/mol. The van der Waals surface area contributed by atoms with Crippen LogP contribution in [0.1, 0.15) is 17.5 Å². The van der Waals surface area contributed by atoms with Crippen molar-refractivity contribution in [1.29, 1.82) is 0 Å². The van der Waals surface area contributed by atoms with Crippen LogP contribution >= 0.6 is 15.9 Å². The molecule has 0 heterocycles. The predicted octanol–water partition coefficient (Wildman–Crippen LogP) is 7.55. The van der Waals surface area contributed by atoms with Gasteiger partial charge in [0.1, 0.15) is 0 Å². The van der Waals surface area contributed by atoms with Gasteiger partial charge < -0.3 is 5.32 Å². The number of anilines is 1. The maximum atomic E-state index is 15.7. The quantitative estimate of drug-likeness (QED) is 0.447. The lowest BCUT2D eigenvalue weighted by atomic mass is 9.85. The Bertz CT molecular complexity index is 1030. The fraction of sp³-hybridized carbons (Fsp3) is 0.120. The van der Waals surface area contributed by atoms with Gasteiger partial charge in [-0.15, -0.1) is 0 Å². The summed E-state index contributed by atoms with van der Waals surface area (Å²) < 4.78 is 16.7. The summed E-state index contributed by atoms with van der Waals surface area (Å²) in [5, 5.41) is 3.38. The minimum atomic E-state index is -1.49. The molecule has 1 aliphatic carbocycles. The van der Waals surface area contributed by atoms with E-state index < -0.39 is 5.67 Å². The van der Waals surface area contributed by atoms with Gasteiger partial charge >= 0.3 is 0 Å². The van der Waals surface area contributed by atoms with E-state index in [1.54, 1.807) is 12.2 Å². The highest BCUT2D eigenvalue weighted by Crippen LogP contribution is 2.39. The smallest absolute Gasteiger partial charge is 0.160 e. The lowest BCUT2D eigenvalue weighted by Crippen LogP contribution is -2.23. The van der Waals surface area contributed by atoms with Crippen LogP contribution in [0.5, 0.6) is 0 Å². The number of nitrogens with one attached hydrogen (secondary N) is 1. The van der Waals surface area contributed by atoms with E-state index in [9.17, 15) is 0 Å². The van der Waals surface area contributed by atoms with Gasteiger partial charge in [0.2, 0.25) is 0 Å². The van der Waals surface area contributed by atoms with Gasteiger partial charge in [-0.05, 0) is 65.6 Å². The van der Waals surface area contributed by atoms with Gasteiger partial charge in [-0.25, -0.2) is 4.39 Å². The Labute approximate surface area is 173 Å². The average molecular weight is 434 g/mol. The van der Waals surface area contributed by atoms with Crippen molar-refractivity contribution >= 4 is 21.6 Å². The van der Waals surface area contributed by atoms with Gasteiger partial charge in [0.15, 0.2) is 5.67 Å². The second kappa shape index (κ2) is 7.76. The summed E-state index contributed by atoms with van der Waals surface area (Å²) in [5.41, 5.74) is 4.34. The molecule has 0 amide bonds. The number of halogens is 2. The molecule has 1 nitrogen and oxygen atoms in total. The zero-order chi connectivity index (χ0) is 19.6. The molecule has 1 unspecified atom stereocenters. The number of rotatable bonds is 4. The Morgan fingerprint density at radius 2 is 1.54 bits per heavy atom. The highest BCUT2D eigenvalue weighted by Gasteiger charge is 2.33. The standard InChI is InChI=1S/C25H21BrFN/c1-18-5-2-3-7-24(18)25(27)16-4-6-23(17-25)28-22-14-10-20(11-15-22)19-8-12-21(26)13-9-19/h2-16,28H,17H2,1H3. The molecule has 4 rings (SSSR count). The van der Waals surface area contributed by atoms with E-state index in [-0.39, 0.29) is 0 Å². The first-order chi connectivity index (χ1) is 13.5. The summed E-state index contributed by atoms with van der Waals surface area (Å²) in [7, 11) is 0. The Hall–Kier alpha value is -2.65. The third kappa shape index (κ3) is 3.95. The highest BCUT2D eigenvalue weighted by atomic mass is 79.9. The van der Waals surface area contributed by atoms with E-state index in [2.05, 4.69) is 45.5 Å². The van der Waals surface area contributed by atoms with Gasteiger partial charge in [-0.2, -0.15) is 0 Å². The van der Waals surface area contributed by atoms with Crippen LogP contribution in [-0.4, -0.2) is 0 Å². The molecule has 0 fully saturated rings. The molecule has 0 radical (unpaired) electrons. The van der Waals surface area contributed by atoms with E-state index in [1.165, 1.54) is 0 Å². The first-order valence-corrected chi connectivity index (χ1v) is 10.1. The molecule has 3 aromatic carbocycles. The van der Waals surface area contributed by atoms with Crippen molar-refractivity contribution in [3.63, 3.8) is 0 Å². The zero-order valence-electron chi connectivity index (χ0n) is 15.6. The van der Waals surface area contributed by atoms with Gasteiger partial charge in [0.05, 0.1) is 0 Å². The molecule has 0 aromatic heterocycles. The first kappa shape index (κ1) is 18.7. The lowest BCUT2D eigenvalue weighted by Gasteiger charge is -2.28. The molecule has 140 valence electrons. The Morgan fingerprint density at radius 1 is 0.893 bits per heavy atom. The predicted molar refractivity (Wildman–Crippen MR) is 119 cm³/mol. The number of benzene rings is 3. The normalized spacial score (nSPS) is 18.6. The van der Waals surface area contributed by atoms with Crippen LogP contribution in [0.2, 0.25) is 0 Å². The van der Waals surface area contributed by atoms with Crippen molar-refractivity contribution in [2.45, 2.75) is 19.0 Å². The zero-order valence-corrected chi connectivity index (χ0v) is 17.2. The molecule has 0 spiro atoms. The Balaban J connectivity index is 1.50. The summed E-state index contributed by atoms with van der Waals surface area (Å²) in [5.74, 6) is 0. The molecule has 3 heteroatoms. The van der Waals surface area contributed by atoms with E-state index in [4.69, 9.17) is 0 Å². The minimum absolute atomic E-state index is 0.294. The maximum absolute atomic E-state index is 15.7. The number of alkyl halides is 1. The van der Waals surface area contributed by atoms with Crippen molar-refractivity contribution in [2.75, 3.05) is 5.32 Å². The largest absolute Gasteiger partial charge is 0.359 e. The molecule has 3 aromatic rings. The third-order valence-corrected chi connectivity index (χ3v) is 5.59. The van der Waals surface area contributed by atoms with Crippen LogP contribution in [0.4, 0.5) is 10.1 Å². The first-order valence-electron chi connectivity index (χ1n) is 9.30. The van der Waals surface area contributed by atoms with Crippen molar-refractivity contribution in [2.24, 2.45) is 0 Å². The third-order valence-electron chi connectivity index (χ3n) is 5.07. The Kier molecular flexibility index (Phi) is 5.19. The number of hydrogen-bond donors (Lipinski definition) is 1. The van der Waals surface area contributed by atoms with Crippen LogP contribution in [-0.2, 0) is 5.67 Å². The molecule has 0 aliphatic heterocycles. The van der Waals surface area contributed by atoms with E-state index >= 15 is 4.39 Å². The number of aryl methyl sites for hydroxylation is 1. The lowest BCUT2D eigenvalue weighted by molar-refractivity contribution is 0.230. The summed E-state index contributed by atoms with van der Waals surface area (Å²) in [4.78, 5) is 0. The summed E-state index contributed by atoms with van der Waals surface area (Å²) in [6.07, 6.45) is 5.69. The second-order valence-electron chi connectivity index (χ2n) is 7.11. The van der Waals surface area contributed by atoms with Gasteiger partial charge in [0.25, 0.3) is 0 Å². The molecule has 1 N–H and O–H groups in total. The van der Waals surface area contributed by atoms with Crippen molar-refractivity contribution in [3.05, 3.63) is 112 Å². The molecule has 0 saturated heterocycles. The number of hydrogen-bond acceptors (Lipinski definition) is 1. The second-order valence-corrected chi connectivity index (χ2v) is 8.03. The molecule has 1 atom stereocenters. The molecular formula is C25H21BrFN. The van der Waals surface area contributed by atoms with Gasteiger partial charge in [-0.1, -0.05) is 70.5 Å². The average Bonchev–Trinajstić information content (AvgIpc) is 2.70. The summed E-state index contributed by atoms with van der Waals surface area (Å²) in [6, 6.07) is 24.1. The van der Waals surface area contributed by atoms with Crippen molar-refractivity contribution < 1.29 is 4.39 Å². The number of allylic oxidation sites excluding steroid dienone is 4. The SMILES string of the molecule is Cc1ccccc1C1(F)C=CC=C(Nc2ccc(-c3ccc(Br)cc3)cc2)C1. The molecule has 0 saturated carbocycles. The highest BCUT2D eigenvalue weighted by molar-refractivity contribution is 9.10. The topological polar surface area (TPSA) is 12.0 Å². The molecule has 28 heavy (non-hydrogen) atoms. The fourth-order valence-electron chi connectivity index (χ4n) is 3.60. The van der Waals surface area contributed by atoms with Crippen LogP contribution in [0, 0.1) is 6.92 Å². The van der Waals surface area contributed by atoms with Gasteiger partial charge in [0, 0.05) is 22.3 Å². The maximum Gasteiger partial charge on any atom is 0.160 e. The molecule has 1 aliphatic rings. The van der Waals surface area contributed by atoms with E-state index in [0.29, 0.717) is 6.42 Å². The molecular weight excluding hydrogens is 413 g/mol. The summed E-state index contributed by atoms with van der Waals surface area (Å²) >= 11 is 3.46. The van der Waals surface area contributed by atoms with E-state index in [0.717, 1.165) is 38.1 Å². The minimum Gasteiger partial charge on any atom is -0.359 e. The fourth-order valence-corrected chi connectivity index (χ4v) is 3.86.